The van der Waals surface area contributed by atoms with Gasteiger partial charge in [0, 0.05) is 12.1 Å². The third kappa shape index (κ3) is 3.01. The van der Waals surface area contributed by atoms with E-state index in [1.165, 1.54) is 19.2 Å². The second-order valence-corrected chi connectivity index (χ2v) is 3.73. The van der Waals surface area contributed by atoms with Gasteiger partial charge in [0.05, 0.1) is 19.4 Å². The molecule has 15 heavy (non-hydrogen) atoms. The Kier molecular flexibility index (Phi) is 3.77. The zero-order valence-electron chi connectivity index (χ0n) is 9.21. The Morgan fingerprint density at radius 2 is 2.00 bits per heavy atom. The minimum absolute atomic E-state index is 0.142. The molecule has 0 aromatic heterocycles. The zero-order valence-corrected chi connectivity index (χ0v) is 9.21. The van der Waals surface area contributed by atoms with Crippen molar-refractivity contribution in [3.05, 3.63) is 17.9 Å². The van der Waals surface area contributed by atoms with Crippen LogP contribution in [0.3, 0.4) is 0 Å². The van der Waals surface area contributed by atoms with E-state index in [4.69, 9.17) is 15.2 Å². The summed E-state index contributed by atoms with van der Waals surface area (Å²) >= 11 is 0. The Balaban J connectivity index is 2.87. The number of nitrogens with two attached hydrogens (primary N) is 1. The van der Waals surface area contributed by atoms with Crippen LogP contribution in [0.1, 0.15) is 13.8 Å². The average Bonchev–Trinajstić information content (AvgIpc) is 2.16. The van der Waals surface area contributed by atoms with E-state index in [-0.39, 0.29) is 11.4 Å². The monoisotopic (exact) mass is 213 g/mol. The van der Waals surface area contributed by atoms with Gasteiger partial charge in [-0.05, 0) is 5.92 Å². The molecule has 0 saturated carbocycles. The first-order chi connectivity index (χ1) is 7.04. The Morgan fingerprint density at radius 1 is 1.33 bits per heavy atom. The van der Waals surface area contributed by atoms with Gasteiger partial charge in [-0.15, -0.1) is 0 Å². The molecule has 84 valence electrons. The number of hydrogen-bond donors (Lipinski definition) is 1. The van der Waals surface area contributed by atoms with Crippen LogP contribution in [0.5, 0.6) is 11.5 Å². The van der Waals surface area contributed by atoms with Crippen molar-refractivity contribution < 1.29 is 13.9 Å². The normalized spacial score (nSPS) is 10.5. The third-order valence-corrected chi connectivity index (χ3v) is 1.86. The summed E-state index contributed by atoms with van der Waals surface area (Å²) in [6.45, 7) is 4.59. The molecule has 1 aromatic rings. The third-order valence-electron chi connectivity index (χ3n) is 1.86. The summed E-state index contributed by atoms with van der Waals surface area (Å²) in [4.78, 5) is 0. The second kappa shape index (κ2) is 4.87. The summed E-state index contributed by atoms with van der Waals surface area (Å²) in [5.74, 6) is 0.511. The first kappa shape index (κ1) is 11.6. The molecule has 0 fully saturated rings. The Labute approximate surface area is 89.0 Å². The predicted molar refractivity (Wildman–Crippen MR) is 57.7 cm³/mol. The molecule has 1 aromatic carbocycles. The van der Waals surface area contributed by atoms with Crippen LogP contribution < -0.4 is 15.2 Å². The van der Waals surface area contributed by atoms with E-state index in [2.05, 4.69) is 0 Å². The van der Waals surface area contributed by atoms with Crippen LogP contribution in [0.15, 0.2) is 12.1 Å². The van der Waals surface area contributed by atoms with Gasteiger partial charge in [0.15, 0.2) is 11.6 Å². The summed E-state index contributed by atoms with van der Waals surface area (Å²) in [5.41, 5.74) is 5.90. The Bertz CT molecular complexity index is 340. The summed E-state index contributed by atoms with van der Waals surface area (Å²) in [6, 6.07) is 2.67. The summed E-state index contributed by atoms with van der Waals surface area (Å²) < 4.78 is 23.4. The molecule has 0 heterocycles. The van der Waals surface area contributed by atoms with Crippen LogP contribution in [0.2, 0.25) is 0 Å². The first-order valence-electron chi connectivity index (χ1n) is 4.80. The molecule has 4 heteroatoms. The molecular weight excluding hydrogens is 197 g/mol. The maximum Gasteiger partial charge on any atom is 0.167 e. The molecule has 0 spiro atoms. The SMILES string of the molecule is COc1cc(OCC(C)C)c(N)cc1F. The van der Waals surface area contributed by atoms with Gasteiger partial charge in [0.2, 0.25) is 0 Å². The van der Waals surface area contributed by atoms with Crippen molar-refractivity contribution in [1.29, 1.82) is 0 Å². The van der Waals surface area contributed by atoms with Crippen molar-refractivity contribution in [2.24, 2.45) is 5.92 Å². The van der Waals surface area contributed by atoms with E-state index in [1.807, 2.05) is 13.8 Å². The fraction of sp³-hybridized carbons (Fsp3) is 0.455. The van der Waals surface area contributed by atoms with Crippen molar-refractivity contribution in [2.45, 2.75) is 13.8 Å². The van der Waals surface area contributed by atoms with E-state index >= 15 is 0 Å². The number of halogens is 1. The zero-order chi connectivity index (χ0) is 11.4. The first-order valence-corrected chi connectivity index (χ1v) is 4.80. The highest BCUT2D eigenvalue weighted by Gasteiger charge is 2.09. The van der Waals surface area contributed by atoms with Crippen molar-refractivity contribution >= 4 is 5.69 Å². The summed E-state index contributed by atoms with van der Waals surface area (Å²) in [7, 11) is 1.40. The van der Waals surface area contributed by atoms with Crippen LogP contribution >= 0.6 is 0 Å². The van der Waals surface area contributed by atoms with Gasteiger partial charge in [-0.2, -0.15) is 0 Å². The van der Waals surface area contributed by atoms with Crippen molar-refractivity contribution in [2.75, 3.05) is 19.5 Å². The standard InChI is InChI=1S/C11H16FNO2/c1-7(2)6-15-11-5-10(14-3)8(12)4-9(11)13/h4-5,7H,6,13H2,1-3H3. The van der Waals surface area contributed by atoms with Gasteiger partial charge in [-0.1, -0.05) is 13.8 Å². The highest BCUT2D eigenvalue weighted by Crippen LogP contribution is 2.30. The van der Waals surface area contributed by atoms with E-state index < -0.39 is 5.82 Å². The smallest absolute Gasteiger partial charge is 0.167 e. The van der Waals surface area contributed by atoms with Crippen molar-refractivity contribution in [1.82, 2.24) is 0 Å². The number of ether oxygens (including phenoxy) is 2. The number of anilines is 1. The van der Waals surface area contributed by atoms with Gasteiger partial charge in [-0.3, -0.25) is 0 Å². The predicted octanol–water partition coefficient (Wildman–Crippen LogP) is 2.45. The number of benzene rings is 1. The number of methoxy groups -OCH3 is 1. The molecule has 0 amide bonds. The minimum Gasteiger partial charge on any atom is -0.494 e. The fourth-order valence-corrected chi connectivity index (χ4v) is 1.09. The molecule has 2 N–H and O–H groups in total. The van der Waals surface area contributed by atoms with Gasteiger partial charge in [0.1, 0.15) is 5.75 Å². The van der Waals surface area contributed by atoms with Crippen LogP contribution in [0, 0.1) is 11.7 Å². The van der Waals surface area contributed by atoms with E-state index in [0.717, 1.165) is 0 Å². The van der Waals surface area contributed by atoms with Gasteiger partial charge < -0.3 is 15.2 Å². The largest absolute Gasteiger partial charge is 0.494 e. The topological polar surface area (TPSA) is 44.5 Å². The minimum atomic E-state index is -0.480. The van der Waals surface area contributed by atoms with E-state index in [1.54, 1.807) is 0 Å². The Hall–Kier alpha value is -1.45. The lowest BCUT2D eigenvalue weighted by molar-refractivity contribution is 0.270. The molecule has 1 rings (SSSR count). The fourth-order valence-electron chi connectivity index (χ4n) is 1.09. The van der Waals surface area contributed by atoms with Crippen LogP contribution in [-0.4, -0.2) is 13.7 Å². The van der Waals surface area contributed by atoms with Crippen molar-refractivity contribution in [3.63, 3.8) is 0 Å². The number of nitrogen functional groups attached to an aromatic ring is 1. The molecule has 0 aliphatic rings. The quantitative estimate of drug-likeness (QED) is 0.781. The van der Waals surface area contributed by atoms with Gasteiger partial charge in [0.25, 0.3) is 0 Å². The molecule has 0 saturated heterocycles. The second-order valence-electron chi connectivity index (χ2n) is 3.73. The van der Waals surface area contributed by atoms with Crippen LogP contribution in [0.25, 0.3) is 0 Å². The van der Waals surface area contributed by atoms with Crippen LogP contribution in [0.4, 0.5) is 10.1 Å². The van der Waals surface area contributed by atoms with Crippen LogP contribution in [-0.2, 0) is 0 Å². The van der Waals surface area contributed by atoms with E-state index in [0.29, 0.717) is 18.3 Å². The Morgan fingerprint density at radius 3 is 2.53 bits per heavy atom. The average molecular weight is 213 g/mol. The lowest BCUT2D eigenvalue weighted by Gasteiger charge is -2.12. The number of rotatable bonds is 4. The molecule has 0 aliphatic heterocycles. The highest BCUT2D eigenvalue weighted by atomic mass is 19.1. The van der Waals surface area contributed by atoms with Gasteiger partial charge >= 0.3 is 0 Å². The maximum atomic E-state index is 13.2. The lowest BCUT2D eigenvalue weighted by Crippen LogP contribution is -2.06. The maximum absolute atomic E-state index is 13.2. The van der Waals surface area contributed by atoms with Gasteiger partial charge in [-0.25, -0.2) is 4.39 Å². The molecule has 3 nitrogen and oxygen atoms in total. The molecule has 0 bridgehead atoms. The molecule has 0 unspecified atom stereocenters. The molecule has 0 radical (unpaired) electrons. The number of hydrogen-bond acceptors (Lipinski definition) is 3. The highest BCUT2D eigenvalue weighted by molar-refractivity contribution is 5.56. The summed E-state index contributed by atoms with van der Waals surface area (Å²) in [6.07, 6.45) is 0. The van der Waals surface area contributed by atoms with E-state index in [9.17, 15) is 4.39 Å². The summed E-state index contributed by atoms with van der Waals surface area (Å²) in [5, 5.41) is 0. The van der Waals surface area contributed by atoms with Crippen molar-refractivity contribution in [3.8, 4) is 11.5 Å². The molecule has 0 aliphatic carbocycles. The molecular formula is C11H16FNO2. The lowest BCUT2D eigenvalue weighted by atomic mass is 10.2. The molecule has 0 atom stereocenters.